The third kappa shape index (κ3) is 3.78. The number of nitrogens with one attached hydrogen (secondary N) is 1. The van der Waals surface area contributed by atoms with Crippen LogP contribution in [0.25, 0.3) is 0 Å². The molecule has 1 amide bonds. The number of allylic oxidation sites excluding steroid dienone is 2. The van der Waals surface area contributed by atoms with Gasteiger partial charge in [-0.05, 0) is 65.0 Å². The molecule has 2 N–H and O–H groups in total. The topological polar surface area (TPSA) is 58.6 Å². The van der Waals surface area contributed by atoms with E-state index in [4.69, 9.17) is 4.74 Å². The number of phenols is 1. The first-order chi connectivity index (χ1) is 13.3. The van der Waals surface area contributed by atoms with E-state index in [0.29, 0.717) is 18.0 Å². The first-order valence-corrected chi connectivity index (χ1v) is 10.8. The SMILES string of the molecule is CCCCCc1cc2c(c(O)c1C(=O)NCC)C1C=C(C)CC[C@H]1C(C)(C)O2. The molecule has 0 saturated heterocycles. The van der Waals surface area contributed by atoms with Crippen LogP contribution in [0.15, 0.2) is 17.7 Å². The third-order valence-corrected chi connectivity index (χ3v) is 6.34. The lowest BCUT2D eigenvalue weighted by atomic mass is 9.67. The highest BCUT2D eigenvalue weighted by atomic mass is 16.5. The van der Waals surface area contributed by atoms with Crippen LogP contribution in [0.4, 0.5) is 0 Å². The summed E-state index contributed by atoms with van der Waals surface area (Å²) in [5.41, 5.74) is 3.17. The molecule has 28 heavy (non-hydrogen) atoms. The Morgan fingerprint density at radius 3 is 2.75 bits per heavy atom. The molecule has 0 radical (unpaired) electrons. The quantitative estimate of drug-likeness (QED) is 0.503. The highest BCUT2D eigenvalue weighted by Crippen LogP contribution is 2.54. The number of aromatic hydroxyl groups is 1. The van der Waals surface area contributed by atoms with Crippen LogP contribution in [0.1, 0.15) is 94.1 Å². The largest absolute Gasteiger partial charge is 0.507 e. The van der Waals surface area contributed by atoms with Gasteiger partial charge < -0.3 is 15.2 Å². The second kappa shape index (κ2) is 8.18. The minimum absolute atomic E-state index is 0.0883. The summed E-state index contributed by atoms with van der Waals surface area (Å²) in [6.45, 7) is 11.1. The molecule has 2 aliphatic rings. The Bertz CT molecular complexity index is 779. The molecule has 1 unspecified atom stereocenters. The van der Waals surface area contributed by atoms with Crippen molar-refractivity contribution in [1.29, 1.82) is 0 Å². The molecule has 154 valence electrons. The van der Waals surface area contributed by atoms with Crippen molar-refractivity contribution >= 4 is 5.91 Å². The van der Waals surface area contributed by atoms with Crippen LogP contribution in [-0.2, 0) is 6.42 Å². The predicted octanol–water partition coefficient (Wildman–Crippen LogP) is 5.49. The van der Waals surface area contributed by atoms with Crippen molar-refractivity contribution in [2.24, 2.45) is 5.92 Å². The maximum absolute atomic E-state index is 12.8. The molecule has 2 atom stereocenters. The zero-order chi connectivity index (χ0) is 20.5. The van der Waals surface area contributed by atoms with Crippen LogP contribution in [0.5, 0.6) is 11.5 Å². The van der Waals surface area contributed by atoms with E-state index in [1.165, 1.54) is 5.57 Å². The maximum atomic E-state index is 12.8. The Kier molecular flexibility index (Phi) is 6.07. The molecular formula is C24H35NO3. The molecule has 1 aliphatic carbocycles. The predicted molar refractivity (Wildman–Crippen MR) is 113 cm³/mol. The van der Waals surface area contributed by atoms with Crippen LogP contribution in [0.3, 0.4) is 0 Å². The van der Waals surface area contributed by atoms with Gasteiger partial charge in [0.05, 0.1) is 5.56 Å². The van der Waals surface area contributed by atoms with Crippen LogP contribution in [-0.4, -0.2) is 23.2 Å². The number of carbonyl (C=O) groups is 1. The number of rotatable bonds is 6. The summed E-state index contributed by atoms with van der Waals surface area (Å²) in [7, 11) is 0. The normalized spacial score (nSPS) is 22.5. The molecule has 4 heteroatoms. The van der Waals surface area contributed by atoms with E-state index in [2.05, 4.69) is 39.1 Å². The van der Waals surface area contributed by atoms with Gasteiger partial charge in [-0.2, -0.15) is 0 Å². The number of hydrogen-bond acceptors (Lipinski definition) is 3. The fraction of sp³-hybridized carbons (Fsp3) is 0.625. The van der Waals surface area contributed by atoms with E-state index in [1.807, 2.05) is 13.0 Å². The molecule has 1 aromatic carbocycles. The minimum atomic E-state index is -0.296. The van der Waals surface area contributed by atoms with Crippen molar-refractivity contribution in [1.82, 2.24) is 5.32 Å². The molecule has 1 heterocycles. The molecule has 0 aromatic heterocycles. The van der Waals surface area contributed by atoms with Crippen molar-refractivity contribution in [3.8, 4) is 11.5 Å². The van der Waals surface area contributed by atoms with Gasteiger partial charge in [0.2, 0.25) is 0 Å². The number of aryl methyl sites for hydroxylation is 1. The molecule has 3 rings (SSSR count). The van der Waals surface area contributed by atoms with Crippen molar-refractivity contribution in [3.63, 3.8) is 0 Å². The maximum Gasteiger partial charge on any atom is 0.255 e. The van der Waals surface area contributed by atoms with E-state index in [9.17, 15) is 9.90 Å². The average molecular weight is 386 g/mol. The smallest absolute Gasteiger partial charge is 0.255 e. The monoisotopic (exact) mass is 385 g/mol. The van der Waals surface area contributed by atoms with E-state index in [1.54, 1.807) is 0 Å². The highest BCUT2D eigenvalue weighted by Gasteiger charge is 2.46. The summed E-state index contributed by atoms with van der Waals surface area (Å²) in [5, 5.41) is 14.2. The molecular weight excluding hydrogens is 350 g/mol. The van der Waals surface area contributed by atoms with Gasteiger partial charge in [0.1, 0.15) is 17.1 Å². The highest BCUT2D eigenvalue weighted by molar-refractivity contribution is 5.99. The number of ether oxygens (including phenoxy) is 1. The summed E-state index contributed by atoms with van der Waals surface area (Å²) in [6, 6.07) is 2.02. The van der Waals surface area contributed by atoms with E-state index in [-0.39, 0.29) is 23.2 Å². The van der Waals surface area contributed by atoms with E-state index < -0.39 is 0 Å². The van der Waals surface area contributed by atoms with Crippen LogP contribution in [0.2, 0.25) is 0 Å². The van der Waals surface area contributed by atoms with Gasteiger partial charge in [-0.25, -0.2) is 0 Å². The fourth-order valence-electron chi connectivity index (χ4n) is 4.88. The van der Waals surface area contributed by atoms with Crippen LogP contribution >= 0.6 is 0 Å². The zero-order valence-corrected chi connectivity index (χ0v) is 18.0. The van der Waals surface area contributed by atoms with Crippen molar-refractivity contribution in [2.45, 2.75) is 84.7 Å². The van der Waals surface area contributed by atoms with Crippen LogP contribution < -0.4 is 10.1 Å². The van der Waals surface area contributed by atoms with Gasteiger partial charge in [-0.3, -0.25) is 4.79 Å². The number of fused-ring (bicyclic) bond motifs is 3. The van der Waals surface area contributed by atoms with Gasteiger partial charge in [-0.1, -0.05) is 31.4 Å². The van der Waals surface area contributed by atoms with Crippen molar-refractivity contribution in [3.05, 3.63) is 34.4 Å². The summed E-state index contributed by atoms with van der Waals surface area (Å²) in [4.78, 5) is 12.8. The number of carbonyl (C=O) groups excluding carboxylic acids is 1. The zero-order valence-electron chi connectivity index (χ0n) is 18.0. The molecule has 1 aromatic rings. The number of benzene rings is 1. The Morgan fingerprint density at radius 1 is 1.32 bits per heavy atom. The van der Waals surface area contributed by atoms with E-state index in [0.717, 1.165) is 55.4 Å². The summed E-state index contributed by atoms with van der Waals surface area (Å²) < 4.78 is 6.43. The summed E-state index contributed by atoms with van der Waals surface area (Å²) in [6.07, 6.45) is 8.35. The third-order valence-electron chi connectivity index (χ3n) is 6.34. The standard InChI is InChI=1S/C24H35NO3/c1-6-8-9-10-16-14-19-21(22(26)20(16)23(27)25-7-2)17-13-15(3)11-12-18(17)24(4,5)28-19/h13-14,17-18,26H,6-12H2,1-5H3,(H,25,27)/t17?,18-/m1/s1. The number of amides is 1. The molecule has 4 nitrogen and oxygen atoms in total. The summed E-state index contributed by atoms with van der Waals surface area (Å²) >= 11 is 0. The molecule has 0 saturated carbocycles. The Labute approximate surface area is 169 Å². The summed E-state index contributed by atoms with van der Waals surface area (Å²) in [5.74, 6) is 1.06. The lowest BCUT2D eigenvalue weighted by molar-refractivity contribution is 0.0107. The lowest BCUT2D eigenvalue weighted by Gasteiger charge is -2.46. The molecule has 1 aliphatic heterocycles. The van der Waals surface area contributed by atoms with Gasteiger partial charge in [0.15, 0.2) is 0 Å². The van der Waals surface area contributed by atoms with Gasteiger partial charge in [-0.15, -0.1) is 0 Å². The molecule has 0 fully saturated rings. The molecule has 0 spiro atoms. The van der Waals surface area contributed by atoms with Crippen molar-refractivity contribution in [2.75, 3.05) is 6.54 Å². The molecule has 0 bridgehead atoms. The first-order valence-electron chi connectivity index (χ1n) is 10.8. The fourth-order valence-corrected chi connectivity index (χ4v) is 4.88. The number of hydrogen-bond donors (Lipinski definition) is 2. The Hall–Kier alpha value is -1.97. The number of unbranched alkanes of at least 4 members (excludes halogenated alkanes) is 2. The minimum Gasteiger partial charge on any atom is -0.507 e. The number of phenolic OH excluding ortho intramolecular Hbond substituents is 1. The van der Waals surface area contributed by atoms with Gasteiger partial charge in [0, 0.05) is 23.9 Å². The first kappa shape index (κ1) is 20.8. The van der Waals surface area contributed by atoms with Gasteiger partial charge >= 0.3 is 0 Å². The van der Waals surface area contributed by atoms with Gasteiger partial charge in [0.25, 0.3) is 5.91 Å². The second-order valence-corrected chi connectivity index (χ2v) is 8.88. The van der Waals surface area contributed by atoms with Crippen LogP contribution in [0, 0.1) is 5.92 Å². The van der Waals surface area contributed by atoms with E-state index >= 15 is 0 Å². The second-order valence-electron chi connectivity index (χ2n) is 8.88. The van der Waals surface area contributed by atoms with Crippen molar-refractivity contribution < 1.29 is 14.6 Å². The Morgan fingerprint density at radius 2 is 2.07 bits per heavy atom. The Balaban J connectivity index is 2.15. The average Bonchev–Trinajstić information content (AvgIpc) is 2.61. The lowest BCUT2D eigenvalue weighted by Crippen LogP contribution is -2.45.